The first kappa shape index (κ1) is 25.5. The largest absolute Gasteiger partial charge is 0.383 e. The molecule has 31 heavy (non-hydrogen) atoms. The number of hydrogen-bond acceptors (Lipinski definition) is 4. The van der Waals surface area contributed by atoms with Crippen LogP contribution in [0.25, 0.3) is 0 Å². The van der Waals surface area contributed by atoms with Crippen LogP contribution >= 0.6 is 24.0 Å². The van der Waals surface area contributed by atoms with E-state index in [4.69, 9.17) is 0 Å². The van der Waals surface area contributed by atoms with E-state index in [1.165, 1.54) is 24.1 Å². The number of piperidine rings is 1. The number of hydrogen-bond donors (Lipinski definition) is 3. The van der Waals surface area contributed by atoms with E-state index >= 15 is 0 Å². The summed E-state index contributed by atoms with van der Waals surface area (Å²) in [6.45, 7) is 10.1. The van der Waals surface area contributed by atoms with Gasteiger partial charge < -0.3 is 20.6 Å². The molecule has 1 fully saturated rings. The maximum atomic E-state index is 10.8. The molecular formula is C23H37IN6O. The molecule has 8 heteroatoms. The number of rotatable bonds is 7. The van der Waals surface area contributed by atoms with E-state index in [1.54, 1.807) is 17.8 Å². The van der Waals surface area contributed by atoms with E-state index in [1.807, 2.05) is 20.2 Å². The first-order chi connectivity index (χ1) is 14.4. The smallest absolute Gasteiger partial charge is 0.191 e. The number of aliphatic hydroxyl groups is 1. The molecule has 1 atom stereocenters. The maximum Gasteiger partial charge on any atom is 0.191 e. The Morgan fingerprint density at radius 2 is 1.90 bits per heavy atom. The summed E-state index contributed by atoms with van der Waals surface area (Å²) < 4.78 is 1.69. The molecule has 1 aromatic carbocycles. The van der Waals surface area contributed by atoms with Crippen LogP contribution in [0.2, 0.25) is 0 Å². The van der Waals surface area contributed by atoms with Crippen molar-refractivity contribution in [3.05, 3.63) is 47.8 Å². The Morgan fingerprint density at radius 1 is 1.23 bits per heavy atom. The highest BCUT2D eigenvalue weighted by atomic mass is 127. The Balaban J connectivity index is 0.00000341. The van der Waals surface area contributed by atoms with Gasteiger partial charge in [-0.3, -0.25) is 4.68 Å². The summed E-state index contributed by atoms with van der Waals surface area (Å²) in [6.07, 6.45) is 6.06. The number of benzene rings is 1. The number of halogens is 1. The fourth-order valence-electron chi connectivity index (χ4n) is 3.65. The van der Waals surface area contributed by atoms with Crippen LogP contribution in [0, 0.1) is 5.92 Å². The minimum absolute atomic E-state index is 0. The van der Waals surface area contributed by atoms with Crippen LogP contribution < -0.4 is 15.5 Å². The fourth-order valence-corrected chi connectivity index (χ4v) is 3.65. The fraction of sp³-hybridized carbons (Fsp3) is 0.565. The van der Waals surface area contributed by atoms with E-state index in [-0.39, 0.29) is 24.0 Å². The topological polar surface area (TPSA) is 77.7 Å². The van der Waals surface area contributed by atoms with Gasteiger partial charge in [0.2, 0.25) is 0 Å². The molecule has 7 nitrogen and oxygen atoms in total. The third kappa shape index (κ3) is 7.38. The van der Waals surface area contributed by atoms with Crippen molar-refractivity contribution in [1.82, 2.24) is 20.4 Å². The SMILES string of the molecule is CCNC(=NCc1ccc(N2CCC(C)CC2)cc1)NCC(C)(O)c1cnn(C)c1.I. The second-order valence-corrected chi connectivity index (χ2v) is 8.56. The third-order valence-electron chi connectivity index (χ3n) is 5.78. The lowest BCUT2D eigenvalue weighted by molar-refractivity contribution is 0.0616. The normalized spacial score (nSPS) is 17.1. The van der Waals surface area contributed by atoms with Crippen LogP contribution in [0.5, 0.6) is 0 Å². The summed E-state index contributed by atoms with van der Waals surface area (Å²) >= 11 is 0. The molecule has 0 bridgehead atoms. The molecule has 1 saturated heterocycles. The predicted octanol–water partition coefficient (Wildman–Crippen LogP) is 3.24. The Labute approximate surface area is 203 Å². The number of aromatic nitrogens is 2. The van der Waals surface area contributed by atoms with Crippen molar-refractivity contribution in [2.24, 2.45) is 18.0 Å². The molecule has 0 saturated carbocycles. The lowest BCUT2D eigenvalue weighted by atomic mass is 9.99. The van der Waals surface area contributed by atoms with Crippen molar-refractivity contribution in [3.8, 4) is 0 Å². The van der Waals surface area contributed by atoms with Crippen molar-refractivity contribution in [2.75, 3.05) is 31.1 Å². The summed E-state index contributed by atoms with van der Waals surface area (Å²) in [6, 6.07) is 8.72. The molecule has 1 aliphatic rings. The molecule has 0 aliphatic carbocycles. The van der Waals surface area contributed by atoms with Crippen molar-refractivity contribution < 1.29 is 5.11 Å². The van der Waals surface area contributed by atoms with Gasteiger partial charge in [-0.1, -0.05) is 19.1 Å². The Morgan fingerprint density at radius 3 is 2.48 bits per heavy atom. The Hall–Kier alpha value is -1.81. The molecule has 1 unspecified atom stereocenters. The molecule has 1 aliphatic heterocycles. The van der Waals surface area contributed by atoms with Crippen LogP contribution in [0.15, 0.2) is 41.7 Å². The van der Waals surface area contributed by atoms with E-state index < -0.39 is 5.60 Å². The van der Waals surface area contributed by atoms with Crippen LogP contribution in [-0.2, 0) is 19.2 Å². The Bertz CT molecular complexity index is 825. The summed E-state index contributed by atoms with van der Waals surface area (Å²) in [5.74, 6) is 1.53. The Kier molecular flexibility index (Phi) is 9.61. The van der Waals surface area contributed by atoms with Gasteiger partial charge in [0.1, 0.15) is 5.60 Å². The number of nitrogens with one attached hydrogen (secondary N) is 2. The van der Waals surface area contributed by atoms with Gasteiger partial charge in [-0.25, -0.2) is 4.99 Å². The van der Waals surface area contributed by atoms with Crippen LogP contribution in [0.4, 0.5) is 5.69 Å². The summed E-state index contributed by atoms with van der Waals surface area (Å²) in [4.78, 5) is 7.16. The monoisotopic (exact) mass is 540 g/mol. The lowest BCUT2D eigenvalue weighted by Gasteiger charge is -2.32. The second kappa shape index (κ2) is 11.7. The van der Waals surface area contributed by atoms with E-state index in [9.17, 15) is 5.11 Å². The molecule has 2 heterocycles. The quantitative estimate of drug-likeness (QED) is 0.286. The molecular weight excluding hydrogens is 503 g/mol. The van der Waals surface area contributed by atoms with E-state index in [2.05, 4.69) is 56.8 Å². The van der Waals surface area contributed by atoms with Gasteiger partial charge in [0.25, 0.3) is 0 Å². The summed E-state index contributed by atoms with van der Waals surface area (Å²) in [5, 5.41) is 21.4. The van der Waals surface area contributed by atoms with Crippen molar-refractivity contribution in [3.63, 3.8) is 0 Å². The van der Waals surface area contributed by atoms with Gasteiger partial charge in [0.05, 0.1) is 19.3 Å². The second-order valence-electron chi connectivity index (χ2n) is 8.56. The molecule has 0 spiro atoms. The molecule has 1 aromatic heterocycles. The standard InChI is InChI=1S/C23H36N6O.HI/c1-5-24-22(26-17-23(3,30)20-15-27-28(4)16-20)25-14-19-6-8-21(9-7-19)29-12-10-18(2)11-13-29;/h6-9,15-16,18,30H,5,10-14,17H2,1-4H3,(H2,24,25,26);1H. The zero-order valence-corrected chi connectivity index (χ0v) is 21.5. The van der Waals surface area contributed by atoms with E-state index in [0.717, 1.165) is 31.1 Å². The first-order valence-electron chi connectivity index (χ1n) is 10.9. The lowest BCUT2D eigenvalue weighted by Crippen LogP contribution is -2.44. The van der Waals surface area contributed by atoms with Crippen molar-refractivity contribution in [2.45, 2.75) is 45.8 Å². The van der Waals surface area contributed by atoms with Crippen molar-refractivity contribution >= 4 is 35.6 Å². The zero-order chi connectivity index (χ0) is 21.6. The minimum atomic E-state index is -1.03. The number of aryl methyl sites for hydroxylation is 1. The number of aliphatic imine (C=N–C) groups is 1. The van der Waals surface area contributed by atoms with Gasteiger partial charge in [-0.15, -0.1) is 24.0 Å². The van der Waals surface area contributed by atoms with Gasteiger partial charge in [0, 0.05) is 44.1 Å². The highest BCUT2D eigenvalue weighted by molar-refractivity contribution is 14.0. The molecule has 0 radical (unpaired) electrons. The van der Waals surface area contributed by atoms with Gasteiger partial charge in [0.15, 0.2) is 5.96 Å². The molecule has 3 rings (SSSR count). The minimum Gasteiger partial charge on any atom is -0.383 e. The molecule has 0 amide bonds. The molecule has 172 valence electrons. The van der Waals surface area contributed by atoms with Crippen LogP contribution in [0.1, 0.15) is 44.7 Å². The molecule has 2 aromatic rings. The first-order valence-corrected chi connectivity index (χ1v) is 10.9. The molecule has 3 N–H and O–H groups in total. The zero-order valence-electron chi connectivity index (χ0n) is 19.1. The highest BCUT2D eigenvalue weighted by Crippen LogP contribution is 2.23. The van der Waals surface area contributed by atoms with Gasteiger partial charge in [-0.05, 0) is 50.3 Å². The highest BCUT2D eigenvalue weighted by Gasteiger charge is 2.25. The van der Waals surface area contributed by atoms with E-state index in [0.29, 0.717) is 19.0 Å². The average Bonchev–Trinajstić information content (AvgIpc) is 3.18. The summed E-state index contributed by atoms with van der Waals surface area (Å²) in [5.41, 5.74) is 2.21. The summed E-state index contributed by atoms with van der Waals surface area (Å²) in [7, 11) is 1.84. The average molecular weight is 540 g/mol. The number of guanidine groups is 1. The predicted molar refractivity (Wildman–Crippen MR) is 138 cm³/mol. The van der Waals surface area contributed by atoms with Gasteiger partial charge >= 0.3 is 0 Å². The maximum absolute atomic E-state index is 10.8. The van der Waals surface area contributed by atoms with Crippen molar-refractivity contribution in [1.29, 1.82) is 0 Å². The van der Waals surface area contributed by atoms with Gasteiger partial charge in [-0.2, -0.15) is 5.10 Å². The van der Waals surface area contributed by atoms with Crippen LogP contribution in [-0.4, -0.2) is 47.0 Å². The number of anilines is 1. The van der Waals surface area contributed by atoms with Crippen LogP contribution in [0.3, 0.4) is 0 Å². The number of nitrogens with zero attached hydrogens (tertiary/aromatic N) is 4. The third-order valence-corrected chi connectivity index (χ3v) is 5.78.